The third kappa shape index (κ3) is 4.80. The van der Waals surface area contributed by atoms with Crippen LogP contribution in [0.1, 0.15) is 12.5 Å². The van der Waals surface area contributed by atoms with Crippen molar-refractivity contribution >= 4 is 23.4 Å². The van der Waals surface area contributed by atoms with Gasteiger partial charge in [-0.25, -0.2) is 4.39 Å². The molecule has 31 heavy (non-hydrogen) atoms. The van der Waals surface area contributed by atoms with Crippen LogP contribution >= 0.6 is 11.8 Å². The molecule has 0 saturated carbocycles. The van der Waals surface area contributed by atoms with Crippen LogP contribution in [0.5, 0.6) is 0 Å². The molecule has 6 nitrogen and oxygen atoms in total. The summed E-state index contributed by atoms with van der Waals surface area (Å²) >= 11 is 1.23. The van der Waals surface area contributed by atoms with Gasteiger partial charge in [-0.1, -0.05) is 43.0 Å². The summed E-state index contributed by atoms with van der Waals surface area (Å²) in [5.41, 5.74) is 3.08. The van der Waals surface area contributed by atoms with Gasteiger partial charge in [-0.15, -0.1) is 10.2 Å². The molecule has 0 saturated heterocycles. The van der Waals surface area contributed by atoms with Gasteiger partial charge in [0.15, 0.2) is 11.0 Å². The summed E-state index contributed by atoms with van der Waals surface area (Å²) in [7, 11) is 0. The Labute approximate surface area is 183 Å². The number of para-hydroxylation sites is 1. The van der Waals surface area contributed by atoms with Crippen LogP contribution in [0.4, 0.5) is 10.1 Å². The highest BCUT2D eigenvalue weighted by Crippen LogP contribution is 2.28. The number of hydrogen-bond acceptors (Lipinski definition) is 5. The molecule has 156 valence electrons. The third-order valence-electron chi connectivity index (χ3n) is 4.64. The highest BCUT2D eigenvalue weighted by atomic mass is 32.2. The number of nitrogens with zero attached hydrogens (tertiary/aromatic N) is 4. The summed E-state index contributed by atoms with van der Waals surface area (Å²) in [6, 6.07) is 17.9. The average molecular weight is 434 g/mol. The van der Waals surface area contributed by atoms with Gasteiger partial charge < -0.3 is 5.32 Å². The van der Waals surface area contributed by atoms with Gasteiger partial charge in [-0.3, -0.25) is 14.3 Å². The summed E-state index contributed by atoms with van der Waals surface area (Å²) in [6.07, 6.45) is 4.36. The largest absolute Gasteiger partial charge is 0.323 e. The second kappa shape index (κ2) is 9.53. The van der Waals surface area contributed by atoms with Crippen LogP contribution in [0.25, 0.3) is 17.1 Å². The standard InChI is InChI=1S/C23H20FN5OS/c1-2-16-9-11-18(12-10-16)29-22(17-6-5-13-25-14-17)27-28-23(29)31-15-21(30)26-20-8-4-3-7-19(20)24/h3-14H,2,15H2,1H3,(H,26,30). The normalized spacial score (nSPS) is 10.8. The van der Waals surface area contributed by atoms with Gasteiger partial charge in [0, 0.05) is 23.6 Å². The van der Waals surface area contributed by atoms with E-state index in [1.54, 1.807) is 24.5 Å². The maximum Gasteiger partial charge on any atom is 0.234 e. The Kier molecular flexibility index (Phi) is 6.37. The Morgan fingerprint density at radius 2 is 1.87 bits per heavy atom. The van der Waals surface area contributed by atoms with Crippen LogP contribution in [0.15, 0.2) is 78.2 Å². The molecule has 0 fully saturated rings. The van der Waals surface area contributed by atoms with E-state index in [0.717, 1.165) is 17.7 Å². The van der Waals surface area contributed by atoms with Crippen LogP contribution in [0.3, 0.4) is 0 Å². The maximum atomic E-state index is 13.8. The second-order valence-electron chi connectivity index (χ2n) is 6.72. The lowest BCUT2D eigenvalue weighted by molar-refractivity contribution is -0.113. The molecule has 4 aromatic rings. The fourth-order valence-corrected chi connectivity index (χ4v) is 3.79. The van der Waals surface area contributed by atoms with Gasteiger partial charge in [-0.05, 0) is 48.4 Å². The van der Waals surface area contributed by atoms with Crippen LogP contribution in [-0.2, 0) is 11.2 Å². The molecule has 2 aromatic carbocycles. The number of amides is 1. The number of thioether (sulfide) groups is 1. The zero-order valence-electron chi connectivity index (χ0n) is 16.8. The molecule has 4 rings (SSSR count). The number of carbonyl (C=O) groups excluding carboxylic acids is 1. The Balaban J connectivity index is 1.60. The van der Waals surface area contributed by atoms with Crippen molar-refractivity contribution in [3.05, 3.63) is 84.4 Å². The number of anilines is 1. The number of hydrogen-bond donors (Lipinski definition) is 1. The topological polar surface area (TPSA) is 72.7 Å². The Morgan fingerprint density at radius 1 is 1.06 bits per heavy atom. The third-order valence-corrected chi connectivity index (χ3v) is 5.57. The molecule has 0 aliphatic rings. The Bertz CT molecular complexity index is 1180. The van der Waals surface area contributed by atoms with E-state index in [1.165, 1.54) is 29.5 Å². The molecule has 0 unspecified atom stereocenters. The van der Waals surface area contributed by atoms with E-state index >= 15 is 0 Å². The van der Waals surface area contributed by atoms with Crippen LogP contribution in [-0.4, -0.2) is 31.4 Å². The zero-order chi connectivity index (χ0) is 21.6. The lowest BCUT2D eigenvalue weighted by Crippen LogP contribution is -2.15. The summed E-state index contributed by atoms with van der Waals surface area (Å²) in [5.74, 6) is -0.103. The van der Waals surface area contributed by atoms with E-state index in [1.807, 2.05) is 28.8 Å². The van der Waals surface area contributed by atoms with E-state index in [0.29, 0.717) is 11.0 Å². The highest BCUT2D eigenvalue weighted by molar-refractivity contribution is 7.99. The fraction of sp³-hybridized carbons (Fsp3) is 0.130. The van der Waals surface area contributed by atoms with Crippen molar-refractivity contribution in [2.45, 2.75) is 18.5 Å². The van der Waals surface area contributed by atoms with E-state index in [9.17, 15) is 9.18 Å². The molecule has 0 atom stereocenters. The van der Waals surface area contributed by atoms with Crippen LogP contribution in [0.2, 0.25) is 0 Å². The first-order chi connectivity index (χ1) is 15.2. The summed E-state index contributed by atoms with van der Waals surface area (Å²) in [6.45, 7) is 2.10. The predicted molar refractivity (Wildman–Crippen MR) is 120 cm³/mol. The first-order valence-corrected chi connectivity index (χ1v) is 10.8. The fourth-order valence-electron chi connectivity index (χ4n) is 3.04. The zero-order valence-corrected chi connectivity index (χ0v) is 17.6. The number of rotatable bonds is 7. The minimum atomic E-state index is -0.473. The first-order valence-electron chi connectivity index (χ1n) is 9.78. The number of nitrogens with one attached hydrogen (secondary N) is 1. The van der Waals surface area contributed by atoms with Crippen molar-refractivity contribution in [2.24, 2.45) is 0 Å². The minimum Gasteiger partial charge on any atom is -0.323 e. The molecule has 1 N–H and O–H groups in total. The van der Waals surface area contributed by atoms with E-state index < -0.39 is 5.82 Å². The van der Waals surface area contributed by atoms with Gasteiger partial charge >= 0.3 is 0 Å². The maximum absolute atomic E-state index is 13.8. The van der Waals surface area contributed by atoms with Crippen LogP contribution in [0, 0.1) is 5.82 Å². The van der Waals surface area contributed by atoms with Gasteiger partial charge in [0.2, 0.25) is 5.91 Å². The summed E-state index contributed by atoms with van der Waals surface area (Å²) < 4.78 is 15.7. The predicted octanol–water partition coefficient (Wildman–Crippen LogP) is 4.76. The SMILES string of the molecule is CCc1ccc(-n2c(SCC(=O)Nc3ccccc3F)nnc2-c2cccnc2)cc1. The number of halogens is 1. The average Bonchev–Trinajstić information content (AvgIpc) is 3.24. The molecular formula is C23H20FN5OS. The highest BCUT2D eigenvalue weighted by Gasteiger charge is 2.18. The van der Waals surface area contributed by atoms with Crippen LogP contribution < -0.4 is 5.32 Å². The smallest absolute Gasteiger partial charge is 0.234 e. The molecule has 0 aliphatic carbocycles. The van der Waals surface area contributed by atoms with Crippen molar-refractivity contribution in [3.63, 3.8) is 0 Å². The minimum absolute atomic E-state index is 0.0621. The Hall–Kier alpha value is -3.52. The number of carbonyl (C=O) groups is 1. The molecular weight excluding hydrogens is 413 g/mol. The monoisotopic (exact) mass is 433 g/mol. The molecule has 0 aliphatic heterocycles. The van der Waals surface area contributed by atoms with E-state index in [2.05, 4.69) is 39.6 Å². The Morgan fingerprint density at radius 3 is 2.58 bits per heavy atom. The molecule has 0 spiro atoms. The number of benzene rings is 2. The summed E-state index contributed by atoms with van der Waals surface area (Å²) in [5, 5.41) is 11.8. The van der Waals surface area contributed by atoms with Crippen molar-refractivity contribution in [2.75, 3.05) is 11.1 Å². The van der Waals surface area contributed by atoms with Gasteiger partial charge in [0.25, 0.3) is 0 Å². The molecule has 0 bridgehead atoms. The van der Waals surface area contributed by atoms with Gasteiger partial charge in [0.05, 0.1) is 11.4 Å². The molecule has 0 radical (unpaired) electrons. The first kappa shape index (κ1) is 20.7. The lowest BCUT2D eigenvalue weighted by atomic mass is 10.1. The van der Waals surface area contributed by atoms with Gasteiger partial charge in [-0.2, -0.15) is 0 Å². The summed E-state index contributed by atoms with van der Waals surface area (Å²) in [4.78, 5) is 16.6. The van der Waals surface area contributed by atoms with Crippen molar-refractivity contribution < 1.29 is 9.18 Å². The second-order valence-corrected chi connectivity index (χ2v) is 7.66. The van der Waals surface area contributed by atoms with Crippen molar-refractivity contribution in [3.8, 4) is 17.1 Å². The molecule has 2 heterocycles. The number of pyridine rings is 1. The molecule has 2 aromatic heterocycles. The number of aromatic nitrogens is 4. The van der Waals surface area contributed by atoms with Gasteiger partial charge in [0.1, 0.15) is 5.82 Å². The van der Waals surface area contributed by atoms with E-state index in [-0.39, 0.29) is 17.3 Å². The van der Waals surface area contributed by atoms with E-state index in [4.69, 9.17) is 0 Å². The molecule has 8 heteroatoms. The van der Waals surface area contributed by atoms with Crippen molar-refractivity contribution in [1.82, 2.24) is 19.7 Å². The van der Waals surface area contributed by atoms with Crippen molar-refractivity contribution in [1.29, 1.82) is 0 Å². The quantitative estimate of drug-likeness (QED) is 0.426. The number of aryl methyl sites for hydroxylation is 1. The lowest BCUT2D eigenvalue weighted by Gasteiger charge is -2.11. The molecule has 1 amide bonds.